The van der Waals surface area contributed by atoms with Crippen LogP contribution in [0.5, 0.6) is 0 Å². The maximum Gasteiger partial charge on any atom is 0.0964 e. The predicted molar refractivity (Wildman–Crippen MR) is 77.2 cm³/mol. The van der Waals surface area contributed by atoms with Gasteiger partial charge in [0.05, 0.1) is 34.7 Å². The lowest BCUT2D eigenvalue weighted by atomic mass is 10.1. The second-order valence-electron chi connectivity index (χ2n) is 5.04. The molecule has 1 aromatic rings. The van der Waals surface area contributed by atoms with Crippen LogP contribution < -0.4 is 0 Å². The zero-order chi connectivity index (χ0) is 14.0. The highest BCUT2D eigenvalue weighted by atomic mass is 79.9. The van der Waals surface area contributed by atoms with Gasteiger partial charge < -0.3 is 9.84 Å². The molecule has 1 fully saturated rings. The van der Waals surface area contributed by atoms with Gasteiger partial charge in [0, 0.05) is 26.6 Å². The molecular weight excluding hydrogens is 310 g/mol. The number of aryl methyl sites for hydroxylation is 2. The number of ether oxygens (including phenoxy) is 1. The van der Waals surface area contributed by atoms with Gasteiger partial charge in [0.2, 0.25) is 0 Å². The summed E-state index contributed by atoms with van der Waals surface area (Å²) in [7, 11) is 1.90. The van der Waals surface area contributed by atoms with E-state index in [1.165, 1.54) is 0 Å². The van der Waals surface area contributed by atoms with Crippen molar-refractivity contribution in [2.75, 3.05) is 26.2 Å². The third kappa shape index (κ3) is 3.37. The Morgan fingerprint density at radius 3 is 2.89 bits per heavy atom. The molecule has 0 saturated carbocycles. The largest absolute Gasteiger partial charge is 0.390 e. The van der Waals surface area contributed by atoms with E-state index < -0.39 is 6.10 Å². The first-order valence-electron chi connectivity index (χ1n) is 6.73. The number of likely N-dealkylation sites (N-methyl/N-ethyl adjacent to an activating group) is 1. The first-order chi connectivity index (χ1) is 9.02. The number of rotatable bonds is 4. The highest BCUT2D eigenvalue weighted by Crippen LogP contribution is 2.23. The number of morpholine rings is 1. The molecule has 2 heterocycles. The number of hydrogen-bond donors (Lipinski definition) is 1. The predicted octanol–water partition coefficient (Wildman–Crippen LogP) is 1.12. The Kier molecular flexibility index (Phi) is 5.00. The lowest BCUT2D eigenvalue weighted by Gasteiger charge is -2.34. The van der Waals surface area contributed by atoms with Gasteiger partial charge in [0.1, 0.15) is 0 Å². The molecule has 1 aromatic heterocycles. The Hall–Kier alpha value is -0.430. The molecule has 5 nitrogen and oxygen atoms in total. The topological polar surface area (TPSA) is 50.5 Å². The quantitative estimate of drug-likeness (QED) is 0.898. The van der Waals surface area contributed by atoms with Crippen LogP contribution in [0.3, 0.4) is 0 Å². The third-order valence-corrected chi connectivity index (χ3v) is 4.75. The van der Waals surface area contributed by atoms with Crippen LogP contribution in [0.4, 0.5) is 0 Å². The molecule has 2 rings (SSSR count). The summed E-state index contributed by atoms with van der Waals surface area (Å²) in [6.07, 6.45) is -0.0589. The Morgan fingerprint density at radius 1 is 1.58 bits per heavy atom. The van der Waals surface area contributed by atoms with Gasteiger partial charge in [-0.3, -0.25) is 9.58 Å². The number of hydrogen-bond acceptors (Lipinski definition) is 4. The highest BCUT2D eigenvalue weighted by molar-refractivity contribution is 9.10. The van der Waals surface area contributed by atoms with E-state index in [9.17, 15) is 5.11 Å². The van der Waals surface area contributed by atoms with E-state index in [1.807, 2.05) is 18.7 Å². The normalized spacial score (nSPS) is 22.7. The summed E-state index contributed by atoms with van der Waals surface area (Å²) < 4.78 is 8.50. The van der Waals surface area contributed by atoms with Crippen LogP contribution in [-0.4, -0.2) is 58.2 Å². The maximum absolute atomic E-state index is 10.4. The third-order valence-electron chi connectivity index (χ3n) is 3.72. The van der Waals surface area contributed by atoms with Gasteiger partial charge in [-0.25, -0.2) is 0 Å². The SMILES string of the molecule is CCN1CCOC(C(O)Cc2c(Br)c(C)nn2C)C1. The molecule has 0 bridgehead atoms. The van der Waals surface area contributed by atoms with Crippen LogP contribution in [0.2, 0.25) is 0 Å². The second kappa shape index (κ2) is 6.35. The lowest BCUT2D eigenvalue weighted by Crippen LogP contribution is -2.48. The molecule has 0 aliphatic carbocycles. The Balaban J connectivity index is 2.02. The number of halogens is 1. The molecule has 1 aliphatic rings. The van der Waals surface area contributed by atoms with Crippen LogP contribution in [-0.2, 0) is 18.2 Å². The highest BCUT2D eigenvalue weighted by Gasteiger charge is 2.28. The van der Waals surface area contributed by atoms with Crippen LogP contribution in [0.1, 0.15) is 18.3 Å². The standard InChI is InChI=1S/C13H22BrN3O2/c1-4-17-5-6-19-12(8-17)11(18)7-10-13(14)9(2)15-16(10)3/h11-12,18H,4-8H2,1-3H3. The summed E-state index contributed by atoms with van der Waals surface area (Å²) >= 11 is 3.53. The van der Waals surface area contributed by atoms with Crippen molar-refractivity contribution in [3.63, 3.8) is 0 Å². The van der Waals surface area contributed by atoms with Gasteiger partial charge in [-0.15, -0.1) is 0 Å². The summed E-state index contributed by atoms with van der Waals surface area (Å²) in [5.74, 6) is 0. The Morgan fingerprint density at radius 2 is 2.32 bits per heavy atom. The zero-order valence-electron chi connectivity index (χ0n) is 11.8. The molecule has 1 saturated heterocycles. The van der Waals surface area contributed by atoms with Crippen molar-refractivity contribution in [3.8, 4) is 0 Å². The minimum absolute atomic E-state index is 0.115. The molecule has 2 unspecified atom stereocenters. The Labute approximate surface area is 122 Å². The average molecular weight is 332 g/mol. The minimum atomic E-state index is -0.500. The summed E-state index contributed by atoms with van der Waals surface area (Å²) in [4.78, 5) is 2.31. The zero-order valence-corrected chi connectivity index (χ0v) is 13.4. The maximum atomic E-state index is 10.4. The van der Waals surface area contributed by atoms with Crippen molar-refractivity contribution >= 4 is 15.9 Å². The molecule has 0 amide bonds. The minimum Gasteiger partial charge on any atom is -0.390 e. The number of aromatic nitrogens is 2. The van der Waals surface area contributed by atoms with Gasteiger partial charge in [0.15, 0.2) is 0 Å². The van der Waals surface area contributed by atoms with Crippen LogP contribution in [0, 0.1) is 6.92 Å². The summed E-state index contributed by atoms with van der Waals surface area (Å²) in [5.41, 5.74) is 1.96. The van der Waals surface area contributed by atoms with Crippen LogP contribution in [0.15, 0.2) is 4.47 Å². The van der Waals surface area contributed by atoms with E-state index in [1.54, 1.807) is 0 Å². The molecule has 6 heteroatoms. The lowest BCUT2D eigenvalue weighted by molar-refractivity contribution is -0.0872. The fraction of sp³-hybridized carbons (Fsp3) is 0.769. The molecule has 0 aromatic carbocycles. The van der Waals surface area contributed by atoms with Gasteiger partial charge >= 0.3 is 0 Å². The van der Waals surface area contributed by atoms with Crippen molar-refractivity contribution in [1.82, 2.24) is 14.7 Å². The molecule has 1 aliphatic heterocycles. The molecular formula is C13H22BrN3O2. The molecule has 1 N–H and O–H groups in total. The van der Waals surface area contributed by atoms with E-state index in [0.717, 1.165) is 35.5 Å². The van der Waals surface area contributed by atoms with Crippen molar-refractivity contribution in [3.05, 3.63) is 15.9 Å². The van der Waals surface area contributed by atoms with E-state index in [4.69, 9.17) is 4.74 Å². The van der Waals surface area contributed by atoms with Crippen molar-refractivity contribution in [2.24, 2.45) is 7.05 Å². The van der Waals surface area contributed by atoms with Crippen molar-refractivity contribution < 1.29 is 9.84 Å². The molecule has 2 atom stereocenters. The fourth-order valence-electron chi connectivity index (χ4n) is 2.48. The van der Waals surface area contributed by atoms with E-state index >= 15 is 0 Å². The number of nitrogens with zero attached hydrogens (tertiary/aromatic N) is 3. The number of aliphatic hydroxyl groups excluding tert-OH is 1. The summed E-state index contributed by atoms with van der Waals surface area (Å²) in [6, 6.07) is 0. The van der Waals surface area contributed by atoms with Gasteiger partial charge in [0.25, 0.3) is 0 Å². The molecule has 19 heavy (non-hydrogen) atoms. The Bertz CT molecular complexity index is 436. The smallest absolute Gasteiger partial charge is 0.0964 e. The van der Waals surface area contributed by atoms with Gasteiger partial charge in [-0.2, -0.15) is 5.10 Å². The second-order valence-corrected chi connectivity index (χ2v) is 5.84. The first-order valence-corrected chi connectivity index (χ1v) is 7.52. The molecule has 0 spiro atoms. The van der Waals surface area contributed by atoms with Gasteiger partial charge in [-0.05, 0) is 29.4 Å². The monoisotopic (exact) mass is 331 g/mol. The van der Waals surface area contributed by atoms with Crippen molar-refractivity contribution in [1.29, 1.82) is 0 Å². The van der Waals surface area contributed by atoms with Gasteiger partial charge in [-0.1, -0.05) is 6.92 Å². The molecule has 0 radical (unpaired) electrons. The number of aliphatic hydroxyl groups is 1. The van der Waals surface area contributed by atoms with Crippen LogP contribution in [0.25, 0.3) is 0 Å². The van der Waals surface area contributed by atoms with E-state index in [-0.39, 0.29) is 6.10 Å². The first kappa shape index (κ1) is 15.0. The molecule has 108 valence electrons. The van der Waals surface area contributed by atoms with Crippen LogP contribution >= 0.6 is 15.9 Å². The van der Waals surface area contributed by atoms with Crippen molar-refractivity contribution in [2.45, 2.75) is 32.5 Å². The fourth-order valence-corrected chi connectivity index (χ4v) is 2.98. The van der Waals surface area contributed by atoms with E-state index in [2.05, 4.69) is 32.9 Å². The summed E-state index contributed by atoms with van der Waals surface area (Å²) in [5, 5.41) is 14.7. The van der Waals surface area contributed by atoms with E-state index in [0.29, 0.717) is 13.0 Å². The average Bonchev–Trinajstić information content (AvgIpc) is 2.65. The summed E-state index contributed by atoms with van der Waals surface area (Å²) in [6.45, 7) is 7.54.